The number of hydrogen-bond acceptors (Lipinski definition) is 0. The Labute approximate surface area is 75.5 Å². The quantitative estimate of drug-likeness (QED) is 0.431. The Morgan fingerprint density at radius 3 is 1.64 bits per heavy atom. The van der Waals surface area contributed by atoms with Crippen molar-refractivity contribution in [3.05, 3.63) is 35.9 Å². The lowest BCUT2D eigenvalue weighted by Crippen LogP contribution is -1.78. The van der Waals surface area contributed by atoms with Crippen LogP contribution >= 0.6 is 11.1 Å². The topological polar surface area (TPSA) is 0 Å². The second kappa shape index (κ2) is 6.44. The van der Waals surface area contributed by atoms with Crippen LogP contribution in [0.25, 0.3) is 0 Å². The number of halogens is 1. The predicted octanol–water partition coefficient (Wildman–Crippen LogP) is 3.20. The Balaban J connectivity index is 0.000000218. The molecule has 0 atom stereocenters. The molecule has 0 saturated carbocycles. The first-order chi connectivity index (χ1) is 5.13. The number of rotatable bonds is 0. The van der Waals surface area contributed by atoms with E-state index in [0.29, 0.717) is 0 Å². The molecule has 11 heavy (non-hydrogen) atoms. The maximum absolute atomic E-state index is 5.41. The highest BCUT2D eigenvalue weighted by Crippen LogP contribution is 1.92. The molecule has 0 aliphatic heterocycles. The fourth-order valence-electron chi connectivity index (χ4n) is 0.534. The summed E-state index contributed by atoms with van der Waals surface area (Å²) in [5.41, 5.74) is 1.32. The molecule has 0 spiro atoms. The molecule has 0 heterocycles. The number of benzene rings is 1. The minimum Gasteiger partial charge on any atom is -0.172 e. The molecular formula is C9H15ClSi. The molecule has 0 N–H and O–H groups in total. The molecule has 0 nitrogen and oxygen atoms in total. The van der Waals surface area contributed by atoms with Crippen LogP contribution in [0.15, 0.2) is 30.3 Å². The summed E-state index contributed by atoms with van der Waals surface area (Å²) in [6.07, 6.45) is 0. The van der Waals surface area contributed by atoms with Crippen molar-refractivity contribution in [3.63, 3.8) is 0 Å². The molecule has 0 fully saturated rings. The van der Waals surface area contributed by atoms with E-state index in [-0.39, 0.29) is 0 Å². The van der Waals surface area contributed by atoms with Crippen LogP contribution in [0.2, 0.25) is 13.1 Å². The van der Waals surface area contributed by atoms with Crippen LogP contribution in [0.4, 0.5) is 0 Å². The molecule has 0 saturated heterocycles. The van der Waals surface area contributed by atoms with Crippen molar-refractivity contribution in [3.8, 4) is 0 Å². The van der Waals surface area contributed by atoms with Gasteiger partial charge in [-0.05, 0) is 6.92 Å². The molecule has 1 aromatic rings. The fourth-order valence-corrected chi connectivity index (χ4v) is 0.534. The van der Waals surface area contributed by atoms with E-state index in [1.54, 1.807) is 0 Å². The largest absolute Gasteiger partial charge is 0.172 e. The van der Waals surface area contributed by atoms with Crippen molar-refractivity contribution < 1.29 is 0 Å². The van der Waals surface area contributed by atoms with Crippen LogP contribution in [0.1, 0.15) is 5.56 Å². The second-order valence-electron chi connectivity index (χ2n) is 2.67. The van der Waals surface area contributed by atoms with Crippen LogP contribution in [0.3, 0.4) is 0 Å². The average molecular weight is 187 g/mol. The van der Waals surface area contributed by atoms with Gasteiger partial charge in [-0.25, -0.2) is 0 Å². The van der Waals surface area contributed by atoms with Crippen LogP contribution < -0.4 is 0 Å². The minimum atomic E-state index is -0.667. The molecule has 0 radical (unpaired) electrons. The van der Waals surface area contributed by atoms with Crippen LogP contribution in [0, 0.1) is 6.92 Å². The number of aryl methyl sites for hydroxylation is 1. The summed E-state index contributed by atoms with van der Waals surface area (Å²) in [5, 5.41) is 0. The second-order valence-corrected chi connectivity index (χ2v) is 7.31. The first-order valence-corrected chi connectivity index (χ1v) is 7.84. The van der Waals surface area contributed by atoms with Gasteiger partial charge in [0.05, 0.1) is 0 Å². The zero-order chi connectivity index (χ0) is 8.69. The Hall–Kier alpha value is -0.273. The fraction of sp³-hybridized carbons (Fsp3) is 0.333. The van der Waals surface area contributed by atoms with Crippen LogP contribution in [-0.2, 0) is 0 Å². The monoisotopic (exact) mass is 186 g/mol. The normalized spacial score (nSPS) is 8.82. The molecular weight excluding hydrogens is 172 g/mol. The molecule has 0 amide bonds. The predicted molar refractivity (Wildman–Crippen MR) is 55.9 cm³/mol. The van der Waals surface area contributed by atoms with Gasteiger partial charge in [-0.1, -0.05) is 49.0 Å². The third-order valence-corrected chi connectivity index (χ3v) is 0.940. The van der Waals surface area contributed by atoms with Gasteiger partial charge >= 0.3 is 0 Å². The minimum absolute atomic E-state index is 0.667. The SMILES string of the molecule is C[SiH](C)Cl.Cc1ccccc1. The van der Waals surface area contributed by atoms with Gasteiger partial charge in [0, 0.05) is 0 Å². The third kappa shape index (κ3) is 9.73. The van der Waals surface area contributed by atoms with Gasteiger partial charge in [0.1, 0.15) is 8.11 Å². The summed E-state index contributed by atoms with van der Waals surface area (Å²) in [4.78, 5) is 0. The number of hydrogen-bond donors (Lipinski definition) is 0. The van der Waals surface area contributed by atoms with E-state index in [0.717, 1.165) is 0 Å². The Morgan fingerprint density at radius 1 is 1.09 bits per heavy atom. The van der Waals surface area contributed by atoms with Gasteiger partial charge in [0.2, 0.25) is 0 Å². The lowest BCUT2D eigenvalue weighted by molar-refractivity contribution is 1.48. The Morgan fingerprint density at radius 2 is 1.45 bits per heavy atom. The summed E-state index contributed by atoms with van der Waals surface area (Å²) in [5.74, 6) is 0. The highest BCUT2D eigenvalue weighted by atomic mass is 35.6. The van der Waals surface area contributed by atoms with Crippen LogP contribution in [-0.4, -0.2) is 8.11 Å². The molecule has 0 aliphatic carbocycles. The molecule has 1 aromatic carbocycles. The van der Waals surface area contributed by atoms with Gasteiger partial charge in [0.15, 0.2) is 0 Å². The van der Waals surface area contributed by atoms with Gasteiger partial charge in [-0.2, -0.15) is 11.1 Å². The molecule has 0 aliphatic rings. The molecule has 0 unspecified atom stereocenters. The third-order valence-electron chi connectivity index (χ3n) is 0.940. The molecule has 1 rings (SSSR count). The zero-order valence-electron chi connectivity index (χ0n) is 7.34. The molecule has 62 valence electrons. The summed E-state index contributed by atoms with van der Waals surface area (Å²) in [6, 6.07) is 10.3. The average Bonchev–Trinajstić information content (AvgIpc) is 1.87. The van der Waals surface area contributed by atoms with Gasteiger partial charge in [-0.15, -0.1) is 0 Å². The lowest BCUT2D eigenvalue weighted by Gasteiger charge is -1.82. The van der Waals surface area contributed by atoms with E-state index in [1.165, 1.54) is 5.56 Å². The van der Waals surface area contributed by atoms with Crippen LogP contribution in [0.5, 0.6) is 0 Å². The maximum Gasteiger partial charge on any atom is 0.134 e. The smallest absolute Gasteiger partial charge is 0.134 e. The van der Waals surface area contributed by atoms with Gasteiger partial charge < -0.3 is 0 Å². The van der Waals surface area contributed by atoms with E-state index in [4.69, 9.17) is 11.1 Å². The molecule has 0 bridgehead atoms. The highest BCUT2D eigenvalue weighted by molar-refractivity contribution is 7.05. The first kappa shape index (κ1) is 10.7. The van der Waals surface area contributed by atoms with E-state index in [2.05, 4.69) is 32.2 Å². The summed E-state index contributed by atoms with van der Waals surface area (Å²) in [7, 11) is -0.667. The van der Waals surface area contributed by atoms with Crippen molar-refractivity contribution >= 4 is 19.2 Å². The van der Waals surface area contributed by atoms with Crippen molar-refractivity contribution in [2.75, 3.05) is 0 Å². The van der Waals surface area contributed by atoms with E-state index in [1.807, 2.05) is 18.2 Å². The van der Waals surface area contributed by atoms with E-state index >= 15 is 0 Å². The molecule has 0 aromatic heterocycles. The Kier molecular flexibility index (Phi) is 6.28. The highest BCUT2D eigenvalue weighted by Gasteiger charge is 1.76. The van der Waals surface area contributed by atoms with Gasteiger partial charge in [-0.3, -0.25) is 0 Å². The standard InChI is InChI=1S/C7H8.C2H7ClSi/c1-7-5-3-2-4-6-7;1-4(2)3/h2-6H,1H3;4H,1-2H3. The first-order valence-electron chi connectivity index (χ1n) is 3.78. The van der Waals surface area contributed by atoms with Crippen molar-refractivity contribution in [1.82, 2.24) is 0 Å². The summed E-state index contributed by atoms with van der Waals surface area (Å²) in [6.45, 7) is 6.23. The Bertz CT molecular complexity index is 169. The zero-order valence-corrected chi connectivity index (χ0v) is 9.25. The lowest BCUT2D eigenvalue weighted by atomic mass is 10.2. The van der Waals surface area contributed by atoms with E-state index in [9.17, 15) is 0 Å². The van der Waals surface area contributed by atoms with Gasteiger partial charge in [0.25, 0.3) is 0 Å². The van der Waals surface area contributed by atoms with E-state index < -0.39 is 8.11 Å². The summed E-state index contributed by atoms with van der Waals surface area (Å²) < 4.78 is 0. The molecule has 2 heteroatoms. The van der Waals surface area contributed by atoms with Crippen molar-refractivity contribution in [1.29, 1.82) is 0 Å². The maximum atomic E-state index is 5.41. The van der Waals surface area contributed by atoms with Crippen molar-refractivity contribution in [2.45, 2.75) is 20.0 Å². The summed E-state index contributed by atoms with van der Waals surface area (Å²) >= 11 is 5.41. The van der Waals surface area contributed by atoms with Crippen molar-refractivity contribution in [2.24, 2.45) is 0 Å².